The van der Waals surface area contributed by atoms with E-state index in [4.69, 9.17) is 5.14 Å². The lowest BCUT2D eigenvalue weighted by molar-refractivity contribution is 0.598. The largest absolute Gasteiger partial charge is 0.271 e. The first-order valence-electron chi connectivity index (χ1n) is 8.13. The highest BCUT2D eigenvalue weighted by molar-refractivity contribution is 7.89. The number of nitrogens with two attached hydrogens (primary N) is 1. The molecule has 3 rings (SSSR count). The molecule has 0 aliphatic heterocycles. The van der Waals surface area contributed by atoms with Crippen LogP contribution in [-0.4, -0.2) is 18.2 Å². The first-order valence-corrected chi connectivity index (χ1v) is 9.68. The maximum atomic E-state index is 11.3. The summed E-state index contributed by atoms with van der Waals surface area (Å²) in [4.78, 5) is 0.0768. The van der Waals surface area contributed by atoms with Crippen LogP contribution < -0.4 is 5.14 Å². The van der Waals surface area contributed by atoms with Crippen molar-refractivity contribution in [1.29, 1.82) is 0 Å². The van der Waals surface area contributed by atoms with Crippen LogP contribution in [0.25, 0.3) is 0 Å². The van der Waals surface area contributed by atoms with E-state index in [2.05, 4.69) is 29.1 Å². The molecule has 0 saturated heterocycles. The molecule has 132 valence electrons. The van der Waals surface area contributed by atoms with Gasteiger partial charge in [0.25, 0.3) is 0 Å². The summed E-state index contributed by atoms with van der Waals surface area (Å²) in [6.45, 7) is 0. The summed E-state index contributed by atoms with van der Waals surface area (Å²) in [5.74, 6) is 6.18. The zero-order valence-electron chi connectivity index (χ0n) is 14.4. The van der Waals surface area contributed by atoms with Gasteiger partial charge in [-0.15, -0.1) is 0 Å². The van der Waals surface area contributed by atoms with Gasteiger partial charge in [-0.1, -0.05) is 42.2 Å². The van der Waals surface area contributed by atoms with Crippen molar-refractivity contribution in [2.75, 3.05) is 0 Å². The van der Waals surface area contributed by atoms with Gasteiger partial charge < -0.3 is 0 Å². The highest BCUT2D eigenvalue weighted by atomic mass is 32.2. The molecule has 3 aromatic rings. The van der Waals surface area contributed by atoms with E-state index in [1.807, 2.05) is 29.9 Å². The highest BCUT2D eigenvalue weighted by Crippen LogP contribution is 2.12. The lowest BCUT2D eigenvalue weighted by atomic mass is 10.1. The van der Waals surface area contributed by atoms with Crippen LogP contribution in [0.1, 0.15) is 22.4 Å². The van der Waals surface area contributed by atoms with Crippen molar-refractivity contribution in [3.05, 3.63) is 83.2 Å². The van der Waals surface area contributed by atoms with Crippen LogP contribution in [0.3, 0.4) is 0 Å². The number of aryl methyl sites for hydroxylation is 2. The fourth-order valence-electron chi connectivity index (χ4n) is 2.64. The molecular weight excluding hydrogens is 346 g/mol. The molecule has 0 aliphatic carbocycles. The maximum Gasteiger partial charge on any atom is 0.238 e. The molecule has 1 heterocycles. The Kier molecular flexibility index (Phi) is 5.21. The number of rotatable bonds is 4. The zero-order valence-corrected chi connectivity index (χ0v) is 15.2. The van der Waals surface area contributed by atoms with Crippen LogP contribution in [0.15, 0.2) is 65.7 Å². The summed E-state index contributed by atoms with van der Waals surface area (Å²) < 4.78 is 24.4. The van der Waals surface area contributed by atoms with Crippen molar-refractivity contribution < 1.29 is 8.42 Å². The van der Waals surface area contributed by atoms with Crippen molar-refractivity contribution in [3.8, 4) is 11.8 Å². The third-order valence-electron chi connectivity index (χ3n) is 4.08. The standard InChI is InChI=1S/C20H19N3O2S/c1-23-20(14-10-16-5-3-2-4-6-16)18(15-22-23)11-7-17-8-12-19(13-9-17)26(21,24)25/h2-6,8-9,12-13,15H,10,14H2,1H3,(H2,21,24,25). The van der Waals surface area contributed by atoms with E-state index >= 15 is 0 Å². The summed E-state index contributed by atoms with van der Waals surface area (Å²) in [5, 5.41) is 9.41. The minimum Gasteiger partial charge on any atom is -0.271 e. The minimum absolute atomic E-state index is 0.0768. The van der Waals surface area contributed by atoms with Crippen LogP contribution in [0, 0.1) is 11.8 Å². The van der Waals surface area contributed by atoms with E-state index in [-0.39, 0.29) is 4.90 Å². The number of primary sulfonamides is 1. The second-order valence-corrected chi connectivity index (χ2v) is 7.49. The Bertz CT molecular complexity index is 1060. The molecule has 0 radical (unpaired) electrons. The van der Waals surface area contributed by atoms with E-state index in [1.165, 1.54) is 17.7 Å². The third-order valence-corrected chi connectivity index (χ3v) is 5.01. The lowest BCUT2D eigenvalue weighted by Crippen LogP contribution is -2.11. The Morgan fingerprint density at radius 3 is 2.35 bits per heavy atom. The first kappa shape index (κ1) is 17.9. The molecule has 6 heteroatoms. The van der Waals surface area contributed by atoms with Gasteiger partial charge in [-0.25, -0.2) is 13.6 Å². The average Bonchev–Trinajstić information content (AvgIpc) is 2.98. The van der Waals surface area contributed by atoms with E-state index in [0.717, 1.165) is 29.7 Å². The van der Waals surface area contributed by atoms with E-state index < -0.39 is 10.0 Å². The highest BCUT2D eigenvalue weighted by Gasteiger charge is 2.08. The Morgan fingerprint density at radius 1 is 1.00 bits per heavy atom. The number of benzene rings is 2. The number of aromatic nitrogens is 2. The number of hydrogen-bond donors (Lipinski definition) is 1. The van der Waals surface area contributed by atoms with Crippen LogP contribution >= 0.6 is 0 Å². The Morgan fingerprint density at radius 2 is 1.69 bits per heavy atom. The predicted molar refractivity (Wildman–Crippen MR) is 101 cm³/mol. The molecular formula is C20H19N3O2S. The Hall–Kier alpha value is -2.88. The Balaban J connectivity index is 1.78. The van der Waals surface area contributed by atoms with Crippen LogP contribution in [0.4, 0.5) is 0 Å². The molecule has 0 spiro atoms. The Labute approximate surface area is 153 Å². The quantitative estimate of drug-likeness (QED) is 0.721. The number of sulfonamides is 1. The summed E-state index contributed by atoms with van der Waals surface area (Å²) in [6.07, 6.45) is 3.51. The molecule has 2 N–H and O–H groups in total. The summed E-state index contributed by atoms with van der Waals surface area (Å²) in [5.41, 5.74) is 3.93. The summed E-state index contributed by atoms with van der Waals surface area (Å²) >= 11 is 0. The second kappa shape index (κ2) is 7.56. The smallest absolute Gasteiger partial charge is 0.238 e. The molecule has 0 unspecified atom stereocenters. The van der Waals surface area contributed by atoms with Gasteiger partial charge in [0.1, 0.15) is 0 Å². The van der Waals surface area contributed by atoms with Crippen molar-refractivity contribution in [1.82, 2.24) is 9.78 Å². The topological polar surface area (TPSA) is 78.0 Å². The fraction of sp³-hybridized carbons (Fsp3) is 0.150. The molecule has 0 amide bonds. The molecule has 1 aromatic heterocycles. The van der Waals surface area contributed by atoms with Crippen molar-refractivity contribution in [2.45, 2.75) is 17.7 Å². The molecule has 0 saturated carbocycles. The molecule has 26 heavy (non-hydrogen) atoms. The predicted octanol–water partition coefficient (Wildman–Crippen LogP) is 2.25. The van der Waals surface area contributed by atoms with Crippen molar-refractivity contribution in [3.63, 3.8) is 0 Å². The number of hydrogen-bond acceptors (Lipinski definition) is 3. The third kappa shape index (κ3) is 4.39. The van der Waals surface area contributed by atoms with Gasteiger partial charge in [-0.3, -0.25) is 4.68 Å². The van der Waals surface area contributed by atoms with Crippen LogP contribution in [-0.2, 0) is 29.9 Å². The molecule has 0 bridgehead atoms. The van der Waals surface area contributed by atoms with E-state index in [9.17, 15) is 8.42 Å². The monoisotopic (exact) mass is 365 g/mol. The molecule has 0 fully saturated rings. The van der Waals surface area contributed by atoms with Gasteiger partial charge in [-0.2, -0.15) is 5.10 Å². The lowest BCUT2D eigenvalue weighted by Gasteiger charge is -2.03. The van der Waals surface area contributed by atoms with Crippen molar-refractivity contribution >= 4 is 10.0 Å². The summed E-state index contributed by atoms with van der Waals surface area (Å²) in [7, 11) is -1.78. The normalized spacial score (nSPS) is 11.0. The van der Waals surface area contributed by atoms with Crippen LogP contribution in [0.5, 0.6) is 0 Å². The fourth-order valence-corrected chi connectivity index (χ4v) is 3.15. The van der Waals surface area contributed by atoms with E-state index in [0.29, 0.717) is 0 Å². The molecule has 0 atom stereocenters. The first-order chi connectivity index (χ1) is 12.4. The molecule has 0 aliphatic rings. The van der Waals surface area contributed by atoms with Gasteiger partial charge in [-0.05, 0) is 42.7 Å². The maximum absolute atomic E-state index is 11.3. The molecule has 5 nitrogen and oxygen atoms in total. The average molecular weight is 365 g/mol. The van der Waals surface area contributed by atoms with Crippen molar-refractivity contribution in [2.24, 2.45) is 12.2 Å². The second-order valence-electron chi connectivity index (χ2n) is 5.93. The van der Waals surface area contributed by atoms with Crippen LogP contribution in [0.2, 0.25) is 0 Å². The number of nitrogens with zero attached hydrogens (tertiary/aromatic N) is 2. The SMILES string of the molecule is Cn1ncc(C#Cc2ccc(S(N)(=O)=O)cc2)c1CCc1ccccc1. The van der Waals surface area contributed by atoms with Gasteiger partial charge in [0, 0.05) is 12.6 Å². The van der Waals surface area contributed by atoms with Gasteiger partial charge in [0.2, 0.25) is 10.0 Å². The van der Waals surface area contributed by atoms with Gasteiger partial charge in [0.05, 0.1) is 22.3 Å². The van der Waals surface area contributed by atoms with E-state index in [1.54, 1.807) is 18.3 Å². The van der Waals surface area contributed by atoms with Gasteiger partial charge in [0.15, 0.2) is 0 Å². The summed E-state index contributed by atoms with van der Waals surface area (Å²) in [6, 6.07) is 16.5. The zero-order chi connectivity index (χ0) is 18.6. The molecule has 2 aromatic carbocycles. The van der Waals surface area contributed by atoms with Gasteiger partial charge >= 0.3 is 0 Å². The minimum atomic E-state index is -3.69.